The molecule has 4 aromatic rings. The van der Waals surface area contributed by atoms with Gasteiger partial charge in [0.1, 0.15) is 16.8 Å². The molecule has 192 valence electrons. The van der Waals surface area contributed by atoms with Gasteiger partial charge in [-0.3, -0.25) is 9.52 Å². The molecule has 0 bridgehead atoms. The van der Waals surface area contributed by atoms with Crippen LogP contribution in [0.2, 0.25) is 0 Å². The first kappa shape index (κ1) is 24.7. The van der Waals surface area contributed by atoms with Crippen LogP contribution in [-0.2, 0) is 32.8 Å². The number of aryl methyl sites for hydroxylation is 1. The molecule has 1 aliphatic rings. The second-order valence-electron chi connectivity index (χ2n) is 8.99. The zero-order chi connectivity index (χ0) is 26.2. The Balaban J connectivity index is 1.49. The van der Waals surface area contributed by atoms with Gasteiger partial charge in [0.15, 0.2) is 0 Å². The molecule has 0 spiro atoms. The first-order valence-corrected chi connectivity index (χ1v) is 13.3. The van der Waals surface area contributed by atoms with Crippen LogP contribution >= 0.6 is 0 Å². The van der Waals surface area contributed by atoms with Gasteiger partial charge in [0, 0.05) is 19.0 Å². The average Bonchev–Trinajstić information content (AvgIpc) is 3.34. The number of carbonyl (C=O) groups is 1. The van der Waals surface area contributed by atoms with Crippen molar-refractivity contribution in [3.63, 3.8) is 0 Å². The van der Waals surface area contributed by atoms with Gasteiger partial charge < -0.3 is 9.84 Å². The van der Waals surface area contributed by atoms with Crippen molar-refractivity contribution in [3.05, 3.63) is 82.4 Å². The number of aromatic nitrogens is 3. The summed E-state index contributed by atoms with van der Waals surface area (Å²) in [6.45, 7) is 4.24. The number of rotatable bonds is 7. The Morgan fingerprint density at radius 3 is 2.81 bits per heavy atom. The molecule has 0 saturated heterocycles. The lowest BCUT2D eigenvalue weighted by atomic mass is 9.85. The minimum atomic E-state index is -3.78. The van der Waals surface area contributed by atoms with Crippen LogP contribution in [0.3, 0.4) is 0 Å². The third-order valence-electron chi connectivity index (χ3n) is 6.56. The zero-order valence-electron chi connectivity index (χ0n) is 20.4. The maximum absolute atomic E-state index is 12.9. The molecule has 10 nitrogen and oxygen atoms in total. The van der Waals surface area contributed by atoms with Crippen LogP contribution in [0.4, 0.5) is 5.69 Å². The highest BCUT2D eigenvalue weighted by atomic mass is 32.2. The summed E-state index contributed by atoms with van der Waals surface area (Å²) < 4.78 is 35.0. The first-order chi connectivity index (χ1) is 17.7. The number of aromatic hydroxyl groups is 1. The van der Waals surface area contributed by atoms with Crippen LogP contribution in [0.25, 0.3) is 11.0 Å². The average molecular weight is 522 g/mol. The lowest BCUT2D eigenvalue weighted by Gasteiger charge is -2.29. The molecule has 2 heterocycles. The van der Waals surface area contributed by atoms with Crippen molar-refractivity contribution in [1.29, 1.82) is 0 Å². The third kappa shape index (κ3) is 5.00. The normalized spacial score (nSPS) is 15.6. The summed E-state index contributed by atoms with van der Waals surface area (Å²) in [6, 6.07) is 15.9. The number of hydrogen-bond donors (Lipinski definition) is 3. The Bertz CT molecular complexity index is 1580. The van der Waals surface area contributed by atoms with E-state index < -0.39 is 10.2 Å². The predicted octanol–water partition coefficient (Wildman–Crippen LogP) is 3.73. The van der Waals surface area contributed by atoms with Crippen molar-refractivity contribution in [3.8, 4) is 5.75 Å². The Morgan fingerprint density at radius 2 is 2.00 bits per heavy atom. The summed E-state index contributed by atoms with van der Waals surface area (Å²) in [4.78, 5) is 12.6. The highest BCUT2D eigenvalue weighted by molar-refractivity contribution is 7.90. The van der Waals surface area contributed by atoms with Gasteiger partial charge in [-0.05, 0) is 65.9 Å². The maximum Gasteiger partial charge on any atom is 0.306 e. The van der Waals surface area contributed by atoms with Crippen LogP contribution in [0.15, 0.2) is 54.6 Å². The standard InChI is InChI=1S/C26H27N5O5S/c1-3-36-25(33)13-22(21-8-10-24-26(16(21)2)28-30-27-24)18-6-4-5-17(11-18)14-31-15-19-12-20(32)7-9-23(19)29-37(31,34)35/h4-12,22,29,32H,3,13-15H2,1-2H3,(H,27,28,30). The lowest BCUT2D eigenvalue weighted by Crippen LogP contribution is -2.38. The number of carbonyl (C=O) groups excluding carboxylic acids is 1. The molecular weight excluding hydrogens is 494 g/mol. The van der Waals surface area contributed by atoms with Crippen molar-refractivity contribution in [2.45, 2.75) is 39.3 Å². The number of anilines is 1. The van der Waals surface area contributed by atoms with E-state index >= 15 is 0 Å². The molecule has 3 aromatic carbocycles. The molecule has 1 aromatic heterocycles. The Morgan fingerprint density at radius 1 is 1.16 bits per heavy atom. The van der Waals surface area contributed by atoms with E-state index in [1.165, 1.54) is 10.4 Å². The van der Waals surface area contributed by atoms with Crippen LogP contribution < -0.4 is 4.72 Å². The number of phenols is 1. The lowest BCUT2D eigenvalue weighted by molar-refractivity contribution is -0.143. The second kappa shape index (κ2) is 9.83. The van der Waals surface area contributed by atoms with E-state index in [0.29, 0.717) is 11.3 Å². The fourth-order valence-electron chi connectivity index (χ4n) is 4.77. The fourth-order valence-corrected chi connectivity index (χ4v) is 6.01. The van der Waals surface area contributed by atoms with E-state index in [4.69, 9.17) is 4.74 Å². The number of nitrogens with zero attached hydrogens (tertiary/aromatic N) is 3. The van der Waals surface area contributed by atoms with Gasteiger partial charge in [0.2, 0.25) is 0 Å². The molecule has 0 radical (unpaired) electrons. The van der Waals surface area contributed by atoms with E-state index in [-0.39, 0.29) is 43.8 Å². The molecule has 11 heteroatoms. The number of ether oxygens (including phenoxy) is 1. The number of H-pyrrole nitrogens is 1. The number of phenolic OH excluding ortho intramolecular Hbond substituents is 1. The topological polar surface area (TPSA) is 138 Å². The summed E-state index contributed by atoms with van der Waals surface area (Å²) in [7, 11) is -3.78. The van der Waals surface area contributed by atoms with Crippen LogP contribution in [0, 0.1) is 6.92 Å². The molecule has 5 rings (SSSR count). The third-order valence-corrected chi connectivity index (χ3v) is 7.98. The van der Waals surface area contributed by atoms with Crippen molar-refractivity contribution >= 4 is 32.9 Å². The largest absolute Gasteiger partial charge is 0.508 e. The zero-order valence-corrected chi connectivity index (χ0v) is 21.2. The number of benzene rings is 3. The van der Waals surface area contributed by atoms with Gasteiger partial charge in [0.25, 0.3) is 0 Å². The maximum atomic E-state index is 12.9. The van der Waals surface area contributed by atoms with Gasteiger partial charge in [0.05, 0.1) is 18.7 Å². The molecule has 0 amide bonds. The number of fused-ring (bicyclic) bond motifs is 2. The predicted molar refractivity (Wildman–Crippen MR) is 138 cm³/mol. The van der Waals surface area contributed by atoms with Gasteiger partial charge in [-0.2, -0.15) is 28.1 Å². The number of nitrogens with one attached hydrogen (secondary N) is 2. The highest BCUT2D eigenvalue weighted by Gasteiger charge is 2.30. The van der Waals surface area contributed by atoms with Gasteiger partial charge in [-0.15, -0.1) is 0 Å². The summed E-state index contributed by atoms with van der Waals surface area (Å²) in [5.74, 6) is -0.575. The molecule has 37 heavy (non-hydrogen) atoms. The number of aromatic amines is 1. The van der Waals surface area contributed by atoms with Crippen molar-refractivity contribution in [2.24, 2.45) is 0 Å². The van der Waals surface area contributed by atoms with Crippen LogP contribution in [-0.4, -0.2) is 45.8 Å². The Labute approximate surface area is 214 Å². The molecule has 3 N–H and O–H groups in total. The summed E-state index contributed by atoms with van der Waals surface area (Å²) in [5, 5.41) is 20.9. The molecule has 1 aliphatic heterocycles. The smallest absolute Gasteiger partial charge is 0.306 e. The summed E-state index contributed by atoms with van der Waals surface area (Å²) in [5.41, 5.74) is 6.05. The van der Waals surface area contributed by atoms with Crippen LogP contribution in [0.1, 0.15) is 47.1 Å². The molecule has 0 saturated carbocycles. The van der Waals surface area contributed by atoms with E-state index in [2.05, 4.69) is 20.1 Å². The van der Waals surface area contributed by atoms with Crippen molar-refractivity contribution in [2.75, 3.05) is 11.3 Å². The van der Waals surface area contributed by atoms with E-state index in [1.54, 1.807) is 19.1 Å². The molecule has 1 unspecified atom stereocenters. The fraction of sp³-hybridized carbons (Fsp3) is 0.269. The molecule has 0 fully saturated rings. The summed E-state index contributed by atoms with van der Waals surface area (Å²) in [6.07, 6.45) is 0.123. The highest BCUT2D eigenvalue weighted by Crippen LogP contribution is 2.35. The van der Waals surface area contributed by atoms with Crippen LogP contribution in [0.5, 0.6) is 5.75 Å². The summed E-state index contributed by atoms with van der Waals surface area (Å²) >= 11 is 0. The van der Waals surface area contributed by atoms with E-state index in [0.717, 1.165) is 33.3 Å². The van der Waals surface area contributed by atoms with E-state index in [9.17, 15) is 18.3 Å². The Hall–Kier alpha value is -3.96. The first-order valence-electron chi connectivity index (χ1n) is 11.9. The minimum Gasteiger partial charge on any atom is -0.508 e. The monoisotopic (exact) mass is 521 g/mol. The minimum absolute atomic E-state index is 0.0723. The molecular formula is C26H27N5O5S. The van der Waals surface area contributed by atoms with Gasteiger partial charge in [-0.1, -0.05) is 30.3 Å². The Kier molecular flexibility index (Phi) is 6.57. The number of hydrogen-bond acceptors (Lipinski definition) is 7. The number of esters is 1. The quantitative estimate of drug-likeness (QED) is 0.249. The molecule has 0 aliphatic carbocycles. The van der Waals surface area contributed by atoms with Crippen molar-refractivity contribution in [1.82, 2.24) is 19.7 Å². The van der Waals surface area contributed by atoms with E-state index in [1.807, 2.05) is 43.3 Å². The second-order valence-corrected chi connectivity index (χ2v) is 10.7. The SMILES string of the molecule is CCOC(=O)CC(c1cccc(CN2Cc3cc(O)ccc3NS2(=O)=O)c1)c1ccc2n[nH]nc2c1C. The molecule has 1 atom stereocenters. The van der Waals surface area contributed by atoms with Gasteiger partial charge >= 0.3 is 16.2 Å². The van der Waals surface area contributed by atoms with Gasteiger partial charge in [-0.25, -0.2) is 0 Å². The van der Waals surface area contributed by atoms with Crippen molar-refractivity contribution < 1.29 is 23.1 Å².